The van der Waals surface area contributed by atoms with Crippen LogP contribution in [0.3, 0.4) is 0 Å². The second-order valence-corrected chi connectivity index (χ2v) is 4.04. The number of aryl methyl sites for hydroxylation is 1. The van der Waals surface area contributed by atoms with E-state index in [1.165, 1.54) is 5.01 Å². The Balaban J connectivity index is 2.19. The number of hydrazine groups is 1. The molecule has 0 radical (unpaired) electrons. The topological polar surface area (TPSA) is 58.4 Å². The van der Waals surface area contributed by atoms with Crippen LogP contribution in [-0.4, -0.2) is 30.0 Å². The highest BCUT2D eigenvalue weighted by Crippen LogP contribution is 2.13. The van der Waals surface area contributed by atoms with Crippen molar-refractivity contribution in [2.24, 2.45) is 5.84 Å². The minimum atomic E-state index is -0.0797. The molecule has 1 aromatic rings. The molecule has 0 saturated carbocycles. The average molecular weight is 219 g/mol. The van der Waals surface area contributed by atoms with Gasteiger partial charge >= 0.3 is 0 Å². The molecular weight excluding hydrogens is 202 g/mol. The van der Waals surface area contributed by atoms with Crippen molar-refractivity contribution in [1.82, 2.24) is 10.3 Å². The molecule has 16 heavy (non-hydrogen) atoms. The van der Waals surface area contributed by atoms with Gasteiger partial charge in [-0.1, -0.05) is 25.1 Å². The molecule has 0 unspecified atom stereocenters. The van der Waals surface area contributed by atoms with E-state index in [1.54, 1.807) is 0 Å². The summed E-state index contributed by atoms with van der Waals surface area (Å²) in [6.45, 7) is 3.62. The molecule has 0 aromatic heterocycles. The summed E-state index contributed by atoms with van der Waals surface area (Å²) >= 11 is 0. The van der Waals surface area contributed by atoms with E-state index >= 15 is 0 Å². The number of amides is 1. The van der Waals surface area contributed by atoms with Gasteiger partial charge in [-0.2, -0.15) is 0 Å². The van der Waals surface area contributed by atoms with Gasteiger partial charge in [0.1, 0.15) is 0 Å². The predicted molar refractivity (Wildman–Crippen MR) is 62.8 cm³/mol. The molecule has 1 saturated heterocycles. The number of carbonyl (C=O) groups is 1. The predicted octanol–water partition coefficient (Wildman–Crippen LogP) is 0.537. The number of nitrogens with zero attached hydrogens (tertiary/aromatic N) is 1. The van der Waals surface area contributed by atoms with Crippen molar-refractivity contribution in [3.63, 3.8) is 0 Å². The van der Waals surface area contributed by atoms with E-state index in [9.17, 15) is 4.79 Å². The monoisotopic (exact) mass is 219 g/mol. The molecule has 4 nitrogen and oxygen atoms in total. The van der Waals surface area contributed by atoms with Crippen LogP contribution in [-0.2, 0) is 6.42 Å². The highest BCUT2D eigenvalue weighted by atomic mass is 16.2. The molecule has 1 heterocycles. The van der Waals surface area contributed by atoms with Crippen LogP contribution in [0.15, 0.2) is 24.3 Å². The Kier molecular flexibility index (Phi) is 3.22. The summed E-state index contributed by atoms with van der Waals surface area (Å²) in [6, 6.07) is 7.77. The lowest BCUT2D eigenvalue weighted by Crippen LogP contribution is -2.61. The maximum absolute atomic E-state index is 12.1. The molecule has 2 rings (SSSR count). The molecule has 1 fully saturated rings. The second kappa shape index (κ2) is 4.63. The van der Waals surface area contributed by atoms with Crippen LogP contribution in [0.25, 0.3) is 0 Å². The average Bonchev–Trinajstić information content (AvgIpc) is 2.25. The third-order valence-electron chi connectivity index (χ3n) is 3.02. The van der Waals surface area contributed by atoms with Gasteiger partial charge in [0.25, 0.3) is 5.91 Å². The van der Waals surface area contributed by atoms with Gasteiger partial charge in [0.15, 0.2) is 0 Å². The molecule has 0 bridgehead atoms. The van der Waals surface area contributed by atoms with Crippen LogP contribution >= 0.6 is 0 Å². The Bertz CT molecular complexity index is 388. The van der Waals surface area contributed by atoms with Crippen LogP contribution in [0.5, 0.6) is 0 Å². The van der Waals surface area contributed by atoms with Gasteiger partial charge in [-0.05, 0) is 18.1 Å². The standard InChI is InChI=1S/C12H17N3O/c1-2-9-5-3-4-6-11(9)12(16)15(13)10-7-14-8-10/h3-6,10,14H,2,7-8,13H2,1H3. The van der Waals surface area contributed by atoms with Gasteiger partial charge in [-0.15, -0.1) is 0 Å². The zero-order chi connectivity index (χ0) is 11.5. The van der Waals surface area contributed by atoms with Crippen LogP contribution in [0.2, 0.25) is 0 Å². The Morgan fingerprint density at radius 3 is 2.75 bits per heavy atom. The molecule has 86 valence electrons. The van der Waals surface area contributed by atoms with Crippen LogP contribution in [0.4, 0.5) is 0 Å². The molecule has 1 aliphatic rings. The number of rotatable bonds is 3. The first kappa shape index (κ1) is 11.1. The van der Waals surface area contributed by atoms with Crippen molar-refractivity contribution < 1.29 is 4.79 Å². The van der Waals surface area contributed by atoms with Gasteiger partial charge in [-0.3, -0.25) is 9.80 Å². The Morgan fingerprint density at radius 2 is 2.19 bits per heavy atom. The van der Waals surface area contributed by atoms with Gasteiger partial charge in [0, 0.05) is 18.7 Å². The van der Waals surface area contributed by atoms with Gasteiger partial charge < -0.3 is 5.32 Å². The van der Waals surface area contributed by atoms with Crippen molar-refractivity contribution in [2.75, 3.05) is 13.1 Å². The van der Waals surface area contributed by atoms with Crippen molar-refractivity contribution in [3.05, 3.63) is 35.4 Å². The molecular formula is C12H17N3O. The molecule has 0 aliphatic carbocycles. The van der Waals surface area contributed by atoms with E-state index in [1.807, 2.05) is 31.2 Å². The first-order valence-electron chi connectivity index (χ1n) is 5.61. The highest BCUT2D eigenvalue weighted by molar-refractivity contribution is 5.95. The molecule has 1 aromatic carbocycles. The van der Waals surface area contributed by atoms with Crippen LogP contribution < -0.4 is 11.2 Å². The van der Waals surface area contributed by atoms with E-state index in [2.05, 4.69) is 5.32 Å². The summed E-state index contributed by atoms with van der Waals surface area (Å²) in [5.41, 5.74) is 1.77. The second-order valence-electron chi connectivity index (χ2n) is 4.04. The fraction of sp³-hybridized carbons (Fsp3) is 0.417. The maximum Gasteiger partial charge on any atom is 0.268 e. The third kappa shape index (κ3) is 1.94. The summed E-state index contributed by atoms with van der Waals surface area (Å²) in [4.78, 5) is 12.1. The lowest BCUT2D eigenvalue weighted by atomic mass is 10.0. The van der Waals surface area contributed by atoms with Crippen LogP contribution in [0, 0.1) is 0 Å². The lowest BCUT2D eigenvalue weighted by molar-refractivity contribution is 0.0614. The summed E-state index contributed by atoms with van der Waals surface area (Å²) in [7, 11) is 0. The third-order valence-corrected chi connectivity index (χ3v) is 3.02. The minimum Gasteiger partial charge on any atom is -0.312 e. The van der Waals surface area contributed by atoms with Crippen molar-refractivity contribution in [2.45, 2.75) is 19.4 Å². The number of nitrogens with one attached hydrogen (secondary N) is 1. The molecule has 4 heteroatoms. The van der Waals surface area contributed by atoms with E-state index in [0.717, 1.165) is 30.6 Å². The van der Waals surface area contributed by atoms with Crippen molar-refractivity contribution >= 4 is 5.91 Å². The maximum atomic E-state index is 12.1. The highest BCUT2D eigenvalue weighted by Gasteiger charge is 2.27. The number of hydrogen-bond acceptors (Lipinski definition) is 3. The summed E-state index contributed by atoms with van der Waals surface area (Å²) in [5.74, 6) is 5.74. The van der Waals surface area contributed by atoms with E-state index < -0.39 is 0 Å². The van der Waals surface area contributed by atoms with E-state index in [4.69, 9.17) is 5.84 Å². The normalized spacial score (nSPS) is 15.6. The first-order chi connectivity index (χ1) is 7.74. The lowest BCUT2D eigenvalue weighted by Gasteiger charge is -2.35. The van der Waals surface area contributed by atoms with Crippen LogP contribution in [0.1, 0.15) is 22.8 Å². The van der Waals surface area contributed by atoms with Gasteiger partial charge in [0.2, 0.25) is 0 Å². The first-order valence-corrected chi connectivity index (χ1v) is 5.61. The minimum absolute atomic E-state index is 0.0797. The largest absolute Gasteiger partial charge is 0.312 e. The molecule has 3 N–H and O–H groups in total. The molecule has 1 amide bonds. The number of benzene rings is 1. The van der Waals surface area contributed by atoms with Gasteiger partial charge in [-0.25, -0.2) is 5.84 Å². The fourth-order valence-electron chi connectivity index (χ4n) is 1.81. The van der Waals surface area contributed by atoms with E-state index in [0.29, 0.717) is 0 Å². The van der Waals surface area contributed by atoms with Gasteiger partial charge in [0.05, 0.1) is 6.04 Å². The Labute approximate surface area is 95.4 Å². The summed E-state index contributed by atoms with van der Waals surface area (Å²) < 4.78 is 0. The number of carbonyl (C=O) groups excluding carboxylic acids is 1. The van der Waals surface area contributed by atoms with E-state index in [-0.39, 0.29) is 11.9 Å². The van der Waals surface area contributed by atoms with Crippen molar-refractivity contribution in [1.29, 1.82) is 0 Å². The Morgan fingerprint density at radius 1 is 1.50 bits per heavy atom. The molecule has 0 atom stereocenters. The smallest absolute Gasteiger partial charge is 0.268 e. The summed E-state index contributed by atoms with van der Waals surface area (Å²) in [5, 5.41) is 4.46. The number of nitrogens with two attached hydrogens (primary N) is 1. The Hall–Kier alpha value is -1.39. The zero-order valence-electron chi connectivity index (χ0n) is 9.44. The quantitative estimate of drug-likeness (QED) is 0.443. The fourth-order valence-corrected chi connectivity index (χ4v) is 1.81. The molecule has 0 spiro atoms. The van der Waals surface area contributed by atoms with Crippen molar-refractivity contribution in [3.8, 4) is 0 Å². The molecule has 1 aliphatic heterocycles. The number of hydrogen-bond donors (Lipinski definition) is 2. The SMILES string of the molecule is CCc1ccccc1C(=O)N(N)C1CNC1. The zero-order valence-corrected chi connectivity index (χ0v) is 9.44. The summed E-state index contributed by atoms with van der Waals surface area (Å²) in [6.07, 6.45) is 0.846.